The third-order valence-electron chi connectivity index (χ3n) is 3.79. The average molecular weight is 283 g/mol. The van der Waals surface area contributed by atoms with Gasteiger partial charge in [0.25, 0.3) is 0 Å². The van der Waals surface area contributed by atoms with Crippen LogP contribution in [0.5, 0.6) is 0 Å². The Labute approximate surface area is 125 Å². The highest BCUT2D eigenvalue weighted by Gasteiger charge is 2.14. The van der Waals surface area contributed by atoms with E-state index in [4.69, 9.17) is 0 Å². The Morgan fingerprint density at radius 2 is 1.70 bits per heavy atom. The van der Waals surface area contributed by atoms with Crippen molar-refractivity contribution in [3.63, 3.8) is 0 Å². The summed E-state index contributed by atoms with van der Waals surface area (Å²) in [5.41, 5.74) is 3.95. The maximum Gasteiger partial charge on any atom is 0.0205 e. The van der Waals surface area contributed by atoms with Gasteiger partial charge in [-0.05, 0) is 35.3 Å². The van der Waals surface area contributed by atoms with Crippen LogP contribution in [0.1, 0.15) is 18.4 Å². The Morgan fingerprint density at radius 1 is 0.950 bits per heavy atom. The second kappa shape index (κ2) is 6.96. The largest absolute Gasteiger partial charge is 0.312 e. The number of benzene rings is 2. The van der Waals surface area contributed by atoms with Crippen molar-refractivity contribution in [2.45, 2.75) is 24.6 Å². The number of rotatable bonds is 5. The third-order valence-corrected chi connectivity index (χ3v) is 5.18. The van der Waals surface area contributed by atoms with Crippen molar-refractivity contribution in [2.75, 3.05) is 12.3 Å². The lowest BCUT2D eigenvalue weighted by atomic mass is 10.0. The van der Waals surface area contributed by atoms with Crippen molar-refractivity contribution < 1.29 is 0 Å². The van der Waals surface area contributed by atoms with E-state index in [1.807, 2.05) is 0 Å². The van der Waals surface area contributed by atoms with Crippen molar-refractivity contribution >= 4 is 11.8 Å². The van der Waals surface area contributed by atoms with Crippen LogP contribution in [0, 0.1) is 0 Å². The number of thioether (sulfide) groups is 1. The van der Waals surface area contributed by atoms with Crippen LogP contribution in [-0.2, 0) is 6.54 Å². The molecule has 0 bridgehead atoms. The minimum Gasteiger partial charge on any atom is -0.312 e. The fourth-order valence-electron chi connectivity index (χ4n) is 2.63. The lowest BCUT2D eigenvalue weighted by Gasteiger charge is -2.10. The summed E-state index contributed by atoms with van der Waals surface area (Å²) in [5, 5.41) is 4.41. The molecule has 0 radical (unpaired) electrons. The molecule has 1 aliphatic rings. The van der Waals surface area contributed by atoms with Crippen LogP contribution in [0.25, 0.3) is 11.1 Å². The van der Waals surface area contributed by atoms with E-state index in [0.717, 1.165) is 18.3 Å². The fraction of sp³-hybridized carbons (Fsp3) is 0.333. The molecule has 1 N–H and O–H groups in total. The predicted molar refractivity (Wildman–Crippen MR) is 89.1 cm³/mol. The molecule has 0 aliphatic carbocycles. The first-order chi connectivity index (χ1) is 9.92. The minimum absolute atomic E-state index is 0.832. The van der Waals surface area contributed by atoms with Crippen LogP contribution in [0.2, 0.25) is 0 Å². The average Bonchev–Trinajstić information content (AvgIpc) is 3.02. The lowest BCUT2D eigenvalue weighted by Crippen LogP contribution is -2.22. The van der Waals surface area contributed by atoms with Gasteiger partial charge in [0.15, 0.2) is 0 Å². The Balaban J connectivity index is 1.53. The first-order valence-electron chi connectivity index (χ1n) is 7.38. The topological polar surface area (TPSA) is 12.0 Å². The molecule has 0 amide bonds. The molecule has 104 valence electrons. The van der Waals surface area contributed by atoms with E-state index in [2.05, 4.69) is 71.7 Å². The van der Waals surface area contributed by atoms with Crippen LogP contribution >= 0.6 is 11.8 Å². The van der Waals surface area contributed by atoms with E-state index in [1.54, 1.807) is 0 Å². The molecule has 0 spiro atoms. The van der Waals surface area contributed by atoms with Crippen LogP contribution < -0.4 is 5.32 Å². The van der Waals surface area contributed by atoms with Gasteiger partial charge in [-0.1, -0.05) is 54.6 Å². The maximum atomic E-state index is 3.58. The summed E-state index contributed by atoms with van der Waals surface area (Å²) in [6.07, 6.45) is 2.77. The normalized spacial score (nSPS) is 18.3. The van der Waals surface area contributed by atoms with Gasteiger partial charge in [0.05, 0.1) is 0 Å². The van der Waals surface area contributed by atoms with Gasteiger partial charge in [0, 0.05) is 18.3 Å². The summed E-state index contributed by atoms with van der Waals surface area (Å²) in [6, 6.07) is 19.5. The smallest absolute Gasteiger partial charge is 0.0205 e. The Bertz CT molecular complexity index is 515. The van der Waals surface area contributed by atoms with Crippen molar-refractivity contribution in [1.29, 1.82) is 0 Å². The van der Waals surface area contributed by atoms with E-state index in [-0.39, 0.29) is 0 Å². The number of nitrogens with one attached hydrogen (secondary N) is 1. The highest BCUT2D eigenvalue weighted by Crippen LogP contribution is 2.25. The summed E-state index contributed by atoms with van der Waals surface area (Å²) >= 11 is 2.11. The van der Waals surface area contributed by atoms with Gasteiger partial charge in [-0.25, -0.2) is 0 Å². The Hall–Kier alpha value is -1.25. The quantitative estimate of drug-likeness (QED) is 0.876. The zero-order valence-electron chi connectivity index (χ0n) is 11.7. The molecule has 0 saturated carbocycles. The van der Waals surface area contributed by atoms with Gasteiger partial charge in [-0.15, -0.1) is 0 Å². The number of hydrogen-bond acceptors (Lipinski definition) is 2. The van der Waals surface area contributed by atoms with E-state index in [1.165, 1.54) is 35.3 Å². The highest BCUT2D eigenvalue weighted by atomic mass is 32.2. The molecule has 0 aromatic heterocycles. The molecule has 2 aromatic carbocycles. The highest BCUT2D eigenvalue weighted by molar-refractivity contribution is 8.00. The summed E-state index contributed by atoms with van der Waals surface area (Å²) in [6.45, 7) is 2.12. The van der Waals surface area contributed by atoms with Gasteiger partial charge >= 0.3 is 0 Å². The van der Waals surface area contributed by atoms with E-state index in [9.17, 15) is 0 Å². The van der Waals surface area contributed by atoms with Crippen molar-refractivity contribution in [3.8, 4) is 11.1 Å². The van der Waals surface area contributed by atoms with Gasteiger partial charge in [0.1, 0.15) is 0 Å². The zero-order chi connectivity index (χ0) is 13.6. The van der Waals surface area contributed by atoms with Crippen molar-refractivity contribution in [1.82, 2.24) is 5.32 Å². The first kappa shape index (κ1) is 13.7. The molecule has 1 fully saturated rings. The van der Waals surface area contributed by atoms with Crippen LogP contribution in [-0.4, -0.2) is 17.5 Å². The van der Waals surface area contributed by atoms with Crippen LogP contribution in [0.15, 0.2) is 54.6 Å². The number of hydrogen-bond donors (Lipinski definition) is 1. The zero-order valence-corrected chi connectivity index (χ0v) is 12.5. The monoisotopic (exact) mass is 283 g/mol. The molecule has 1 atom stereocenters. The molecular formula is C18H21NS. The molecule has 1 saturated heterocycles. The summed E-state index contributed by atoms with van der Waals surface area (Å²) in [7, 11) is 0. The second-order valence-electron chi connectivity index (χ2n) is 5.33. The SMILES string of the molecule is c1ccc(-c2ccc(CNCC3CCCS3)cc2)cc1. The third kappa shape index (κ3) is 3.65. The molecule has 1 heterocycles. The molecule has 2 heteroatoms. The first-order valence-corrected chi connectivity index (χ1v) is 8.43. The fourth-order valence-corrected chi connectivity index (χ4v) is 3.86. The van der Waals surface area contributed by atoms with Gasteiger partial charge in [-0.3, -0.25) is 0 Å². The summed E-state index contributed by atoms with van der Waals surface area (Å²) < 4.78 is 0. The van der Waals surface area contributed by atoms with Gasteiger partial charge in [-0.2, -0.15) is 11.8 Å². The van der Waals surface area contributed by atoms with Gasteiger partial charge in [0.2, 0.25) is 0 Å². The van der Waals surface area contributed by atoms with Crippen molar-refractivity contribution in [2.24, 2.45) is 0 Å². The van der Waals surface area contributed by atoms with E-state index in [0.29, 0.717) is 0 Å². The second-order valence-corrected chi connectivity index (χ2v) is 6.74. The molecule has 2 aromatic rings. The molecule has 1 nitrogen and oxygen atoms in total. The minimum atomic E-state index is 0.832. The summed E-state index contributed by atoms with van der Waals surface area (Å²) in [5.74, 6) is 1.35. The molecule has 20 heavy (non-hydrogen) atoms. The van der Waals surface area contributed by atoms with Gasteiger partial charge < -0.3 is 5.32 Å². The lowest BCUT2D eigenvalue weighted by molar-refractivity contribution is 0.646. The predicted octanol–water partition coefficient (Wildman–Crippen LogP) is 4.34. The Kier molecular flexibility index (Phi) is 4.77. The molecule has 1 aliphatic heterocycles. The summed E-state index contributed by atoms with van der Waals surface area (Å²) in [4.78, 5) is 0. The van der Waals surface area contributed by atoms with E-state index < -0.39 is 0 Å². The molecular weight excluding hydrogens is 262 g/mol. The van der Waals surface area contributed by atoms with Crippen LogP contribution in [0.4, 0.5) is 0 Å². The molecule has 3 rings (SSSR count). The van der Waals surface area contributed by atoms with Crippen LogP contribution in [0.3, 0.4) is 0 Å². The molecule has 1 unspecified atom stereocenters. The van der Waals surface area contributed by atoms with Crippen molar-refractivity contribution in [3.05, 3.63) is 60.2 Å². The Morgan fingerprint density at radius 3 is 2.40 bits per heavy atom. The maximum absolute atomic E-state index is 3.58. The standard InChI is InChI=1S/C18H21NS/c1-2-5-16(6-3-1)17-10-8-15(9-11-17)13-19-14-18-7-4-12-20-18/h1-3,5-6,8-11,18-19H,4,7,12-14H2. The van der Waals surface area contributed by atoms with E-state index >= 15 is 0 Å².